The third-order valence-electron chi connectivity index (χ3n) is 7.03. The standard InChI is InChI=1S/C31H30O2/c1-3-9-21-15-17-23(19-29(21)32)31(24-18-16-22(10-4-2)30(33)20-24)27-13-7-5-11-25(27)26-12-6-8-14-28(26)31/h5-8,11-20,32-33H,3-4,9-10H2,1-2H3. The van der Waals surface area contributed by atoms with Crippen molar-refractivity contribution in [1.29, 1.82) is 0 Å². The molecule has 2 heteroatoms. The number of phenolic OH excluding ortho intramolecular Hbond substituents is 2. The first kappa shape index (κ1) is 21.3. The molecule has 0 radical (unpaired) electrons. The zero-order valence-electron chi connectivity index (χ0n) is 19.3. The number of phenols is 2. The molecule has 2 N–H and O–H groups in total. The van der Waals surface area contributed by atoms with E-state index in [2.05, 4.69) is 86.6 Å². The van der Waals surface area contributed by atoms with Crippen LogP contribution in [0.4, 0.5) is 0 Å². The molecular weight excluding hydrogens is 404 g/mol. The Morgan fingerprint density at radius 3 is 1.39 bits per heavy atom. The molecule has 0 amide bonds. The molecule has 0 aliphatic heterocycles. The number of aryl methyl sites for hydroxylation is 2. The fourth-order valence-corrected chi connectivity index (χ4v) is 5.58. The summed E-state index contributed by atoms with van der Waals surface area (Å²) in [4.78, 5) is 0. The number of hydrogen-bond acceptors (Lipinski definition) is 2. The van der Waals surface area contributed by atoms with Crippen LogP contribution in [-0.2, 0) is 18.3 Å². The van der Waals surface area contributed by atoms with Crippen molar-refractivity contribution in [2.24, 2.45) is 0 Å². The van der Waals surface area contributed by atoms with Gasteiger partial charge in [0.2, 0.25) is 0 Å². The molecule has 33 heavy (non-hydrogen) atoms. The highest BCUT2D eigenvalue weighted by Crippen LogP contribution is 2.56. The topological polar surface area (TPSA) is 40.5 Å². The van der Waals surface area contributed by atoms with Gasteiger partial charge in [-0.05, 0) is 69.5 Å². The van der Waals surface area contributed by atoms with Gasteiger partial charge in [0.05, 0.1) is 5.41 Å². The lowest BCUT2D eigenvalue weighted by Crippen LogP contribution is -2.28. The van der Waals surface area contributed by atoms with Crippen LogP contribution in [0, 0.1) is 0 Å². The van der Waals surface area contributed by atoms with Gasteiger partial charge in [-0.3, -0.25) is 0 Å². The first-order valence-electron chi connectivity index (χ1n) is 11.9. The van der Waals surface area contributed by atoms with E-state index in [1.54, 1.807) is 0 Å². The summed E-state index contributed by atoms with van der Waals surface area (Å²) < 4.78 is 0. The first-order valence-corrected chi connectivity index (χ1v) is 11.9. The average molecular weight is 435 g/mol. The molecule has 1 aliphatic rings. The summed E-state index contributed by atoms with van der Waals surface area (Å²) in [6.07, 6.45) is 3.66. The van der Waals surface area contributed by atoms with Gasteiger partial charge in [-0.1, -0.05) is 99.5 Å². The van der Waals surface area contributed by atoms with Gasteiger partial charge in [-0.15, -0.1) is 0 Å². The second kappa shape index (κ2) is 8.44. The van der Waals surface area contributed by atoms with E-state index in [4.69, 9.17) is 0 Å². The van der Waals surface area contributed by atoms with E-state index in [1.807, 2.05) is 12.1 Å². The van der Waals surface area contributed by atoms with E-state index >= 15 is 0 Å². The normalized spacial score (nSPS) is 13.5. The van der Waals surface area contributed by atoms with Crippen LogP contribution < -0.4 is 0 Å². The summed E-state index contributed by atoms with van der Waals surface area (Å²) >= 11 is 0. The Labute approximate surface area is 196 Å². The SMILES string of the molecule is CCCc1ccc(C2(c3ccc(CCC)c(O)c3)c3ccccc3-c3ccccc32)cc1O. The lowest BCUT2D eigenvalue weighted by atomic mass is 9.67. The Hall–Kier alpha value is -3.52. The van der Waals surface area contributed by atoms with E-state index < -0.39 is 5.41 Å². The van der Waals surface area contributed by atoms with Crippen LogP contribution >= 0.6 is 0 Å². The largest absolute Gasteiger partial charge is 0.508 e. The summed E-state index contributed by atoms with van der Waals surface area (Å²) in [6.45, 7) is 4.25. The summed E-state index contributed by atoms with van der Waals surface area (Å²) in [5, 5.41) is 21.9. The Balaban J connectivity index is 1.85. The predicted octanol–water partition coefficient (Wildman–Crippen LogP) is 7.37. The minimum absolute atomic E-state index is 0.336. The summed E-state index contributed by atoms with van der Waals surface area (Å²) in [5.74, 6) is 0.671. The minimum atomic E-state index is -0.613. The number of rotatable bonds is 6. The molecule has 0 aromatic heterocycles. The van der Waals surface area contributed by atoms with Crippen LogP contribution in [0.25, 0.3) is 11.1 Å². The molecule has 0 bridgehead atoms. The lowest BCUT2D eigenvalue weighted by molar-refractivity contribution is 0.464. The van der Waals surface area contributed by atoms with Gasteiger partial charge in [0.15, 0.2) is 0 Å². The number of aromatic hydroxyl groups is 2. The molecule has 0 heterocycles. The molecule has 166 valence electrons. The smallest absolute Gasteiger partial charge is 0.119 e. The molecule has 1 aliphatic carbocycles. The maximum absolute atomic E-state index is 11.0. The molecule has 0 saturated carbocycles. The van der Waals surface area contributed by atoms with E-state index in [0.29, 0.717) is 11.5 Å². The zero-order valence-corrected chi connectivity index (χ0v) is 19.3. The second-order valence-electron chi connectivity index (χ2n) is 9.03. The maximum Gasteiger partial charge on any atom is 0.119 e. The molecule has 2 nitrogen and oxygen atoms in total. The van der Waals surface area contributed by atoms with Gasteiger partial charge in [-0.25, -0.2) is 0 Å². The maximum atomic E-state index is 11.0. The Kier molecular flexibility index (Phi) is 5.46. The monoisotopic (exact) mass is 434 g/mol. The summed E-state index contributed by atoms with van der Waals surface area (Å²) in [6, 6.07) is 29.3. The second-order valence-corrected chi connectivity index (χ2v) is 9.03. The van der Waals surface area contributed by atoms with E-state index in [-0.39, 0.29) is 0 Å². The molecule has 4 aromatic carbocycles. The van der Waals surface area contributed by atoms with E-state index in [1.165, 1.54) is 22.3 Å². The van der Waals surface area contributed by atoms with Gasteiger partial charge in [0.1, 0.15) is 11.5 Å². The van der Waals surface area contributed by atoms with Crippen molar-refractivity contribution in [2.75, 3.05) is 0 Å². The Bertz CT molecular complexity index is 1220. The highest BCUT2D eigenvalue weighted by molar-refractivity contribution is 5.86. The summed E-state index contributed by atoms with van der Waals surface area (Å²) in [7, 11) is 0. The van der Waals surface area contributed by atoms with Crippen molar-refractivity contribution in [3.05, 3.63) is 118 Å². The van der Waals surface area contributed by atoms with E-state index in [9.17, 15) is 10.2 Å². The predicted molar refractivity (Wildman–Crippen MR) is 135 cm³/mol. The van der Waals surface area contributed by atoms with Crippen molar-refractivity contribution in [2.45, 2.75) is 44.9 Å². The molecule has 0 atom stereocenters. The fourth-order valence-electron chi connectivity index (χ4n) is 5.58. The van der Waals surface area contributed by atoms with Gasteiger partial charge in [-0.2, -0.15) is 0 Å². The van der Waals surface area contributed by atoms with Crippen LogP contribution in [0.2, 0.25) is 0 Å². The molecule has 0 fully saturated rings. The summed E-state index contributed by atoms with van der Waals surface area (Å²) in [5.41, 5.74) is 8.10. The van der Waals surface area contributed by atoms with Crippen LogP contribution in [0.3, 0.4) is 0 Å². The van der Waals surface area contributed by atoms with Crippen molar-refractivity contribution >= 4 is 0 Å². The molecule has 5 rings (SSSR count). The lowest BCUT2D eigenvalue weighted by Gasteiger charge is -2.34. The molecule has 0 saturated heterocycles. The highest BCUT2D eigenvalue weighted by Gasteiger charge is 2.46. The third kappa shape index (κ3) is 3.24. The van der Waals surface area contributed by atoms with Crippen molar-refractivity contribution in [1.82, 2.24) is 0 Å². The van der Waals surface area contributed by atoms with Crippen LogP contribution in [0.15, 0.2) is 84.9 Å². The Morgan fingerprint density at radius 2 is 1.00 bits per heavy atom. The molecule has 0 unspecified atom stereocenters. The quantitative estimate of drug-likeness (QED) is 0.293. The van der Waals surface area contributed by atoms with Crippen LogP contribution in [0.5, 0.6) is 11.5 Å². The van der Waals surface area contributed by atoms with Gasteiger partial charge >= 0.3 is 0 Å². The fraction of sp³-hybridized carbons (Fsp3) is 0.226. The number of benzene rings is 4. The van der Waals surface area contributed by atoms with Crippen molar-refractivity contribution in [3.63, 3.8) is 0 Å². The molecular formula is C31H30O2. The third-order valence-corrected chi connectivity index (χ3v) is 7.03. The molecule has 4 aromatic rings. The number of hydrogen-bond donors (Lipinski definition) is 2. The first-order chi connectivity index (χ1) is 16.1. The average Bonchev–Trinajstić information content (AvgIpc) is 3.13. The van der Waals surface area contributed by atoms with Crippen molar-refractivity contribution < 1.29 is 10.2 Å². The minimum Gasteiger partial charge on any atom is -0.508 e. The van der Waals surface area contributed by atoms with Gasteiger partial charge in [0, 0.05) is 0 Å². The van der Waals surface area contributed by atoms with Gasteiger partial charge in [0.25, 0.3) is 0 Å². The highest BCUT2D eigenvalue weighted by atomic mass is 16.3. The van der Waals surface area contributed by atoms with E-state index in [0.717, 1.165) is 47.9 Å². The van der Waals surface area contributed by atoms with Gasteiger partial charge < -0.3 is 10.2 Å². The Morgan fingerprint density at radius 1 is 0.576 bits per heavy atom. The van der Waals surface area contributed by atoms with Crippen molar-refractivity contribution in [3.8, 4) is 22.6 Å². The van der Waals surface area contributed by atoms with Crippen LogP contribution in [-0.4, -0.2) is 10.2 Å². The van der Waals surface area contributed by atoms with Crippen LogP contribution in [0.1, 0.15) is 60.1 Å². The zero-order chi connectivity index (χ0) is 23.0. The number of fused-ring (bicyclic) bond motifs is 3. The molecule has 0 spiro atoms.